The summed E-state index contributed by atoms with van der Waals surface area (Å²) in [6.45, 7) is 0.254. The second-order valence-electron chi connectivity index (χ2n) is 6.53. The molecular weight excluding hydrogens is 410 g/mol. The molecule has 3 aromatic rings. The predicted molar refractivity (Wildman–Crippen MR) is 104 cm³/mol. The van der Waals surface area contributed by atoms with Gasteiger partial charge < -0.3 is 4.74 Å². The number of amides is 2. The lowest BCUT2D eigenvalue weighted by Crippen LogP contribution is -2.45. The molecule has 2 heterocycles. The van der Waals surface area contributed by atoms with Crippen molar-refractivity contribution < 1.29 is 14.3 Å². The van der Waals surface area contributed by atoms with Gasteiger partial charge in [-0.1, -0.05) is 28.1 Å². The van der Waals surface area contributed by atoms with E-state index in [0.717, 1.165) is 26.7 Å². The average Bonchev–Trinajstić information content (AvgIpc) is 3.08. The number of rotatable bonds is 4. The first-order valence-corrected chi connectivity index (χ1v) is 9.46. The number of likely N-dealkylation sites (tertiary alicyclic amines) is 1. The zero-order valence-corrected chi connectivity index (χ0v) is 16.3. The minimum absolute atomic E-state index is 0.147. The molecule has 0 radical (unpaired) electrons. The summed E-state index contributed by atoms with van der Waals surface area (Å²) in [5.41, 5.74) is 1.71. The Balaban J connectivity index is 1.59. The first-order chi connectivity index (χ1) is 13.0. The normalized spacial score (nSPS) is 17.6. The lowest BCUT2D eigenvalue weighted by atomic mass is 10.0. The summed E-state index contributed by atoms with van der Waals surface area (Å²) in [6, 6.07) is 12.7. The summed E-state index contributed by atoms with van der Waals surface area (Å²) in [7, 11) is 1.60. The van der Waals surface area contributed by atoms with Gasteiger partial charge in [0.15, 0.2) is 0 Å². The van der Waals surface area contributed by atoms with Crippen LogP contribution in [0.3, 0.4) is 0 Å². The molecule has 6 nitrogen and oxygen atoms in total. The van der Waals surface area contributed by atoms with Gasteiger partial charge in [-0.15, -0.1) is 0 Å². The summed E-state index contributed by atoms with van der Waals surface area (Å²) >= 11 is 3.45. The van der Waals surface area contributed by atoms with Crippen molar-refractivity contribution in [2.75, 3.05) is 7.11 Å². The van der Waals surface area contributed by atoms with E-state index < -0.39 is 6.04 Å². The van der Waals surface area contributed by atoms with Crippen LogP contribution >= 0.6 is 15.9 Å². The fraction of sp³-hybridized carbons (Fsp3) is 0.250. The van der Waals surface area contributed by atoms with Crippen molar-refractivity contribution in [1.82, 2.24) is 14.7 Å². The Hall–Kier alpha value is -2.67. The number of hydrogen-bond acceptors (Lipinski definition) is 4. The van der Waals surface area contributed by atoms with Crippen LogP contribution in [0.2, 0.25) is 0 Å². The Bertz CT molecular complexity index is 1010. The van der Waals surface area contributed by atoms with E-state index >= 15 is 0 Å². The first-order valence-electron chi connectivity index (χ1n) is 8.67. The minimum atomic E-state index is -0.466. The van der Waals surface area contributed by atoms with Gasteiger partial charge in [0, 0.05) is 22.5 Å². The third kappa shape index (κ3) is 3.47. The molecular formula is C20H18BrN3O3. The van der Waals surface area contributed by atoms with Gasteiger partial charge in [0.2, 0.25) is 5.91 Å². The fourth-order valence-electron chi connectivity index (χ4n) is 3.32. The lowest BCUT2D eigenvalue weighted by molar-refractivity contribution is -0.152. The van der Waals surface area contributed by atoms with E-state index in [-0.39, 0.29) is 18.4 Å². The number of carbonyl (C=O) groups excluding carboxylic acids is 2. The first kappa shape index (κ1) is 17.7. The molecule has 1 saturated heterocycles. The molecule has 2 aromatic carbocycles. The van der Waals surface area contributed by atoms with Crippen LogP contribution < -0.4 is 4.74 Å². The third-order valence-corrected chi connectivity index (χ3v) is 5.28. The molecule has 0 aliphatic carbocycles. The minimum Gasteiger partial charge on any atom is -0.497 e. The van der Waals surface area contributed by atoms with E-state index in [1.165, 1.54) is 4.90 Å². The molecule has 1 atom stereocenters. The number of ether oxygens (including phenoxy) is 1. The summed E-state index contributed by atoms with van der Waals surface area (Å²) in [4.78, 5) is 26.7. The van der Waals surface area contributed by atoms with Crippen LogP contribution in [0.1, 0.15) is 24.4 Å². The highest BCUT2D eigenvalue weighted by Gasteiger charge is 2.36. The van der Waals surface area contributed by atoms with E-state index in [0.29, 0.717) is 12.8 Å². The van der Waals surface area contributed by atoms with Crippen molar-refractivity contribution in [1.29, 1.82) is 0 Å². The van der Waals surface area contributed by atoms with Crippen LogP contribution in [0.15, 0.2) is 53.1 Å². The van der Waals surface area contributed by atoms with E-state index in [4.69, 9.17) is 4.74 Å². The number of fused-ring (bicyclic) bond motifs is 1. The number of methoxy groups -OCH3 is 1. The van der Waals surface area contributed by atoms with E-state index in [1.54, 1.807) is 11.8 Å². The summed E-state index contributed by atoms with van der Waals surface area (Å²) in [6.07, 6.45) is 2.66. The SMILES string of the molecule is COc1ccc(CN2C(=O)CCC(n3cc4cc(Br)ccc4n3)C2=O)cc1. The van der Waals surface area contributed by atoms with Crippen molar-refractivity contribution in [3.63, 3.8) is 0 Å². The molecule has 2 amide bonds. The standard InChI is InChI=1S/C20H18BrN3O3/c1-27-16-5-2-13(3-6-16)11-23-19(25)9-8-18(20(23)26)24-12-14-10-15(21)4-7-17(14)22-24/h2-7,10,12,18H,8-9,11H2,1H3. The highest BCUT2D eigenvalue weighted by molar-refractivity contribution is 9.10. The Morgan fingerprint density at radius 3 is 2.70 bits per heavy atom. The Kier molecular flexibility index (Phi) is 4.70. The molecule has 0 N–H and O–H groups in total. The number of aromatic nitrogens is 2. The molecule has 138 valence electrons. The molecule has 0 spiro atoms. The van der Waals surface area contributed by atoms with E-state index in [1.807, 2.05) is 48.7 Å². The van der Waals surface area contributed by atoms with Gasteiger partial charge in [-0.2, -0.15) is 5.10 Å². The second kappa shape index (κ2) is 7.15. The van der Waals surface area contributed by atoms with Crippen LogP contribution in [0, 0.1) is 0 Å². The number of nitrogens with zero attached hydrogens (tertiary/aromatic N) is 3. The van der Waals surface area contributed by atoms with Crippen molar-refractivity contribution in [2.45, 2.75) is 25.4 Å². The maximum absolute atomic E-state index is 13.0. The molecule has 4 rings (SSSR count). The quantitative estimate of drug-likeness (QED) is 0.595. The monoisotopic (exact) mass is 427 g/mol. The van der Waals surface area contributed by atoms with Crippen LogP contribution in [-0.4, -0.2) is 33.6 Å². The topological polar surface area (TPSA) is 64.4 Å². The van der Waals surface area contributed by atoms with Crippen LogP contribution in [0.4, 0.5) is 0 Å². The number of imide groups is 1. The van der Waals surface area contributed by atoms with Crippen LogP contribution in [0.5, 0.6) is 5.75 Å². The zero-order chi connectivity index (χ0) is 19.0. The van der Waals surface area contributed by atoms with Crippen molar-refractivity contribution in [3.8, 4) is 5.75 Å². The molecule has 1 unspecified atom stereocenters. The molecule has 1 fully saturated rings. The molecule has 0 saturated carbocycles. The van der Waals surface area contributed by atoms with Crippen molar-refractivity contribution in [3.05, 3.63) is 58.7 Å². The van der Waals surface area contributed by atoms with Gasteiger partial charge in [-0.05, 0) is 42.3 Å². The number of piperidine rings is 1. The Labute approximate surface area is 164 Å². The summed E-state index contributed by atoms with van der Waals surface area (Å²) in [5, 5.41) is 5.49. The molecule has 1 aliphatic heterocycles. The van der Waals surface area contributed by atoms with Gasteiger partial charge in [-0.3, -0.25) is 19.2 Å². The molecule has 1 aromatic heterocycles. The number of benzene rings is 2. The van der Waals surface area contributed by atoms with Gasteiger partial charge >= 0.3 is 0 Å². The fourth-order valence-corrected chi connectivity index (χ4v) is 3.70. The highest BCUT2D eigenvalue weighted by Crippen LogP contribution is 2.28. The molecule has 0 bridgehead atoms. The molecule has 1 aliphatic rings. The average molecular weight is 428 g/mol. The number of carbonyl (C=O) groups is 2. The van der Waals surface area contributed by atoms with Crippen LogP contribution in [0.25, 0.3) is 10.9 Å². The Morgan fingerprint density at radius 2 is 1.96 bits per heavy atom. The van der Waals surface area contributed by atoms with Gasteiger partial charge in [0.25, 0.3) is 5.91 Å². The van der Waals surface area contributed by atoms with Crippen LogP contribution in [-0.2, 0) is 16.1 Å². The summed E-state index contributed by atoms with van der Waals surface area (Å²) < 4.78 is 7.80. The lowest BCUT2D eigenvalue weighted by Gasteiger charge is -2.30. The van der Waals surface area contributed by atoms with Crippen molar-refractivity contribution >= 4 is 38.6 Å². The largest absolute Gasteiger partial charge is 0.497 e. The second-order valence-corrected chi connectivity index (χ2v) is 7.45. The van der Waals surface area contributed by atoms with Gasteiger partial charge in [-0.25, -0.2) is 0 Å². The highest BCUT2D eigenvalue weighted by atomic mass is 79.9. The zero-order valence-electron chi connectivity index (χ0n) is 14.8. The maximum Gasteiger partial charge on any atom is 0.254 e. The van der Waals surface area contributed by atoms with E-state index in [2.05, 4.69) is 21.0 Å². The number of halogens is 1. The van der Waals surface area contributed by atoms with Gasteiger partial charge in [0.05, 0.1) is 19.2 Å². The predicted octanol–water partition coefficient (Wildman–Crippen LogP) is 3.70. The smallest absolute Gasteiger partial charge is 0.254 e. The molecule has 27 heavy (non-hydrogen) atoms. The van der Waals surface area contributed by atoms with Crippen molar-refractivity contribution in [2.24, 2.45) is 0 Å². The number of hydrogen-bond donors (Lipinski definition) is 0. The third-order valence-electron chi connectivity index (χ3n) is 4.79. The maximum atomic E-state index is 13.0. The molecule has 7 heteroatoms. The van der Waals surface area contributed by atoms with Gasteiger partial charge in [0.1, 0.15) is 11.8 Å². The Morgan fingerprint density at radius 1 is 1.19 bits per heavy atom. The van der Waals surface area contributed by atoms with E-state index in [9.17, 15) is 9.59 Å². The summed E-state index contributed by atoms with van der Waals surface area (Å²) in [5.74, 6) is 0.378.